The summed E-state index contributed by atoms with van der Waals surface area (Å²) in [4.78, 5) is 4.19. The minimum Gasteiger partial charge on any atom is -0.392 e. The van der Waals surface area contributed by atoms with Gasteiger partial charge in [-0.15, -0.1) is 0 Å². The summed E-state index contributed by atoms with van der Waals surface area (Å²) in [6.45, 7) is 0. The van der Waals surface area contributed by atoms with Crippen molar-refractivity contribution in [2.24, 2.45) is 5.92 Å². The Hall–Kier alpha value is -1.68. The molecule has 1 N–H and O–H groups in total. The number of halogens is 1. The van der Waals surface area contributed by atoms with E-state index < -0.39 is 12.3 Å². The summed E-state index contributed by atoms with van der Waals surface area (Å²) in [6.07, 6.45) is 13.7. The molecule has 0 bridgehead atoms. The summed E-state index contributed by atoms with van der Waals surface area (Å²) in [5.74, 6) is 0.346. The van der Waals surface area contributed by atoms with E-state index >= 15 is 0 Å². The van der Waals surface area contributed by atoms with Gasteiger partial charge in [-0.3, -0.25) is 0 Å². The topological polar surface area (TPSA) is 37.5 Å². The molecule has 2 atom stereocenters. The first-order valence-corrected chi connectivity index (χ1v) is 8.23. The van der Waals surface area contributed by atoms with Crippen molar-refractivity contribution in [3.8, 4) is 0 Å². The van der Waals surface area contributed by atoms with E-state index in [-0.39, 0.29) is 0 Å². The van der Waals surface area contributed by atoms with Crippen molar-refractivity contribution in [1.29, 1.82) is 0 Å². The van der Waals surface area contributed by atoms with Gasteiger partial charge in [0.05, 0.1) is 24.1 Å². The van der Waals surface area contributed by atoms with Gasteiger partial charge in [-0.1, -0.05) is 31.4 Å². The molecule has 22 heavy (non-hydrogen) atoms. The highest BCUT2D eigenvalue weighted by atomic mass is 19.1. The molecule has 0 saturated heterocycles. The molecule has 2 aliphatic rings. The third-order valence-corrected chi connectivity index (χ3v) is 5.22. The highest BCUT2D eigenvalue weighted by Gasteiger charge is 2.27. The fourth-order valence-corrected chi connectivity index (χ4v) is 4.05. The zero-order chi connectivity index (χ0) is 15.1. The number of allylic oxidation sites excluding steroid dienone is 2. The van der Waals surface area contributed by atoms with E-state index in [4.69, 9.17) is 0 Å². The van der Waals surface area contributed by atoms with Crippen LogP contribution >= 0.6 is 0 Å². The highest BCUT2D eigenvalue weighted by Crippen LogP contribution is 2.31. The number of rotatable bonds is 3. The molecule has 2 aromatic heterocycles. The fourth-order valence-electron chi connectivity index (χ4n) is 4.05. The van der Waals surface area contributed by atoms with Gasteiger partial charge in [0.1, 0.15) is 6.17 Å². The predicted octanol–water partition coefficient (Wildman–Crippen LogP) is 2.90. The first kappa shape index (κ1) is 13.9. The molecule has 1 saturated carbocycles. The Morgan fingerprint density at radius 2 is 2.14 bits per heavy atom. The second-order valence-corrected chi connectivity index (χ2v) is 6.55. The molecule has 0 aromatic carbocycles. The van der Waals surface area contributed by atoms with E-state index in [9.17, 15) is 9.50 Å². The highest BCUT2D eigenvalue weighted by molar-refractivity contribution is 5.63. The van der Waals surface area contributed by atoms with Gasteiger partial charge >= 0.3 is 0 Å². The third kappa shape index (κ3) is 2.17. The molecule has 1 fully saturated rings. The maximum atomic E-state index is 14.4. The summed E-state index contributed by atoms with van der Waals surface area (Å²) in [6, 6.07) is 0. The van der Waals surface area contributed by atoms with Crippen molar-refractivity contribution in [3.05, 3.63) is 41.2 Å². The maximum Gasteiger partial charge on any atom is 0.146 e. The molecule has 116 valence electrons. The van der Waals surface area contributed by atoms with Gasteiger partial charge in [-0.25, -0.2) is 9.37 Å². The Morgan fingerprint density at radius 3 is 2.95 bits per heavy atom. The van der Waals surface area contributed by atoms with Crippen LogP contribution in [-0.2, 0) is 6.42 Å². The standard InChI is InChI=1S/C18H21FN2O/c19-14-8-4-7-13-16-10-20-11-21(16)15(18(13)14)9-17(22)12-5-2-1-3-6-12/h4,7-8,10-12,14,17,22H,1-3,5-6,9H2. The van der Waals surface area contributed by atoms with Crippen LogP contribution in [0, 0.1) is 5.92 Å². The molecule has 0 amide bonds. The molecule has 4 rings (SSSR count). The minimum absolute atomic E-state index is 0.346. The van der Waals surface area contributed by atoms with Crippen LogP contribution in [0.3, 0.4) is 0 Å². The second-order valence-electron chi connectivity index (χ2n) is 6.55. The average Bonchev–Trinajstić information content (AvgIpc) is 3.12. The van der Waals surface area contributed by atoms with Crippen molar-refractivity contribution in [2.75, 3.05) is 0 Å². The molecule has 3 nitrogen and oxygen atoms in total. The van der Waals surface area contributed by atoms with Crippen molar-refractivity contribution in [2.45, 2.75) is 50.8 Å². The number of nitrogens with zero attached hydrogens (tertiary/aromatic N) is 2. The molecule has 0 radical (unpaired) electrons. The molecular weight excluding hydrogens is 279 g/mol. The number of aromatic nitrogens is 2. The Kier molecular flexibility index (Phi) is 3.49. The quantitative estimate of drug-likeness (QED) is 0.946. The van der Waals surface area contributed by atoms with Crippen LogP contribution < -0.4 is 5.22 Å². The molecule has 2 aromatic rings. The number of imidazole rings is 1. The minimum atomic E-state index is -1.09. The van der Waals surface area contributed by atoms with Gasteiger partial charge < -0.3 is 9.51 Å². The SMILES string of the molecule is OC(Cc1c2c(c3cncn13)=CC=CC2F)C1CCCCC1. The van der Waals surface area contributed by atoms with E-state index in [1.165, 1.54) is 19.3 Å². The van der Waals surface area contributed by atoms with Gasteiger partial charge in [0.25, 0.3) is 0 Å². The zero-order valence-corrected chi connectivity index (χ0v) is 12.6. The maximum absolute atomic E-state index is 14.4. The Bertz CT molecular complexity index is 758. The van der Waals surface area contributed by atoms with Crippen LogP contribution in [0.2, 0.25) is 0 Å². The van der Waals surface area contributed by atoms with Crippen molar-refractivity contribution >= 4 is 11.6 Å². The van der Waals surface area contributed by atoms with Crippen LogP contribution in [0.1, 0.15) is 49.5 Å². The van der Waals surface area contributed by atoms with Crippen molar-refractivity contribution in [3.63, 3.8) is 0 Å². The third-order valence-electron chi connectivity index (χ3n) is 5.22. The summed E-state index contributed by atoms with van der Waals surface area (Å²) in [5, 5.41) is 11.6. The average molecular weight is 300 g/mol. The number of aliphatic hydroxyl groups is 1. The van der Waals surface area contributed by atoms with Crippen LogP contribution in [-0.4, -0.2) is 20.6 Å². The van der Waals surface area contributed by atoms with E-state index in [0.717, 1.165) is 34.8 Å². The largest absolute Gasteiger partial charge is 0.392 e. The molecule has 2 heterocycles. The van der Waals surface area contributed by atoms with Crippen LogP contribution in [0.15, 0.2) is 24.7 Å². The first-order chi connectivity index (χ1) is 10.8. The molecule has 4 heteroatoms. The van der Waals surface area contributed by atoms with Gasteiger partial charge in [0, 0.05) is 22.9 Å². The molecule has 0 aliphatic heterocycles. The Labute approximate surface area is 129 Å². The summed E-state index contributed by atoms with van der Waals surface area (Å²) in [5.41, 5.74) is 2.54. The Balaban J connectivity index is 1.72. The van der Waals surface area contributed by atoms with Gasteiger partial charge in [-0.05, 0) is 24.8 Å². The number of hydrogen-bond donors (Lipinski definition) is 1. The number of fused-ring (bicyclic) bond motifs is 3. The fraction of sp³-hybridized carbons (Fsp3) is 0.500. The van der Waals surface area contributed by atoms with E-state index in [1.54, 1.807) is 24.7 Å². The summed E-state index contributed by atoms with van der Waals surface area (Å²) in [7, 11) is 0. The van der Waals surface area contributed by atoms with E-state index in [1.807, 2.05) is 10.5 Å². The zero-order valence-electron chi connectivity index (χ0n) is 12.6. The smallest absolute Gasteiger partial charge is 0.146 e. The van der Waals surface area contributed by atoms with Crippen LogP contribution in [0.4, 0.5) is 4.39 Å². The normalized spacial score (nSPS) is 23.5. The van der Waals surface area contributed by atoms with Crippen LogP contribution in [0.5, 0.6) is 0 Å². The lowest BCUT2D eigenvalue weighted by Gasteiger charge is -2.27. The number of hydrogen-bond acceptors (Lipinski definition) is 2. The summed E-state index contributed by atoms with van der Waals surface area (Å²) < 4.78 is 16.4. The molecule has 2 aliphatic carbocycles. The lowest BCUT2D eigenvalue weighted by Crippen LogP contribution is -2.26. The lowest BCUT2D eigenvalue weighted by molar-refractivity contribution is 0.0837. The summed E-state index contributed by atoms with van der Waals surface area (Å²) >= 11 is 0. The first-order valence-electron chi connectivity index (χ1n) is 8.23. The second kappa shape index (κ2) is 5.51. The van der Waals surface area contributed by atoms with Gasteiger partial charge in [0.15, 0.2) is 0 Å². The number of aliphatic hydroxyl groups excluding tert-OH is 1. The van der Waals surface area contributed by atoms with Gasteiger partial charge in [0.2, 0.25) is 0 Å². The lowest BCUT2D eigenvalue weighted by atomic mass is 9.83. The van der Waals surface area contributed by atoms with E-state index in [2.05, 4.69) is 4.98 Å². The predicted molar refractivity (Wildman–Crippen MR) is 84.1 cm³/mol. The van der Waals surface area contributed by atoms with Crippen molar-refractivity contribution in [1.82, 2.24) is 9.38 Å². The Morgan fingerprint density at radius 1 is 1.32 bits per heavy atom. The van der Waals surface area contributed by atoms with E-state index in [0.29, 0.717) is 12.3 Å². The van der Waals surface area contributed by atoms with Crippen LogP contribution in [0.25, 0.3) is 11.6 Å². The molecule has 0 spiro atoms. The molecular formula is C18H21FN2O. The van der Waals surface area contributed by atoms with Gasteiger partial charge in [-0.2, -0.15) is 0 Å². The monoisotopic (exact) mass is 300 g/mol. The molecule has 2 unspecified atom stereocenters. The van der Waals surface area contributed by atoms with Crippen molar-refractivity contribution < 1.29 is 9.50 Å². The number of alkyl halides is 1.